The van der Waals surface area contributed by atoms with Crippen LogP contribution >= 0.6 is 0 Å². The number of carbonyl (C=O) groups is 3. The minimum atomic E-state index is -1.23. The molecule has 134 valence electrons. The van der Waals surface area contributed by atoms with E-state index in [0.717, 1.165) is 10.5 Å². The van der Waals surface area contributed by atoms with Gasteiger partial charge in [-0.15, -0.1) is 0 Å². The van der Waals surface area contributed by atoms with Crippen LogP contribution in [0.2, 0.25) is 0 Å². The van der Waals surface area contributed by atoms with Gasteiger partial charge in [0.15, 0.2) is 0 Å². The van der Waals surface area contributed by atoms with Gasteiger partial charge < -0.3 is 9.47 Å². The minimum absolute atomic E-state index is 0.294. The summed E-state index contributed by atoms with van der Waals surface area (Å²) in [4.78, 5) is 39.2. The van der Waals surface area contributed by atoms with Gasteiger partial charge in [0.1, 0.15) is 11.3 Å². The van der Waals surface area contributed by atoms with Crippen LogP contribution in [-0.4, -0.2) is 49.5 Å². The third kappa shape index (κ3) is 2.26. The summed E-state index contributed by atoms with van der Waals surface area (Å²) in [7, 11) is 4.30. The summed E-state index contributed by atoms with van der Waals surface area (Å²) >= 11 is 0. The Labute approximate surface area is 146 Å². The van der Waals surface area contributed by atoms with E-state index in [4.69, 9.17) is 9.47 Å². The van der Waals surface area contributed by atoms with Crippen molar-refractivity contribution in [2.75, 3.05) is 21.3 Å². The van der Waals surface area contributed by atoms with Crippen LogP contribution in [0, 0.1) is 11.8 Å². The standard InChI is InChI=1S/C18H22N2O5/c1-5-18(17(23)25-4)13-12(15(21)20(2)16(13)22)14(19-18)10-8-6-7-9-11(10)24-3/h6-9,12-14,19H,5H2,1-4H3/t12-,13+,14+,18-/m0/s1. The number of imide groups is 1. The molecule has 0 aromatic heterocycles. The molecule has 25 heavy (non-hydrogen) atoms. The molecule has 2 aliphatic heterocycles. The Kier molecular flexibility index (Phi) is 4.28. The molecule has 0 radical (unpaired) electrons. The van der Waals surface area contributed by atoms with Crippen molar-refractivity contribution in [1.82, 2.24) is 10.2 Å². The minimum Gasteiger partial charge on any atom is -0.496 e. The molecule has 1 aromatic carbocycles. The number of hydrogen-bond acceptors (Lipinski definition) is 6. The fourth-order valence-corrected chi connectivity index (χ4v) is 4.18. The second-order valence-corrected chi connectivity index (χ2v) is 6.42. The lowest BCUT2D eigenvalue weighted by Gasteiger charge is -2.31. The number of nitrogens with one attached hydrogen (secondary N) is 1. The highest BCUT2D eigenvalue weighted by molar-refractivity contribution is 6.09. The Bertz CT molecular complexity index is 734. The number of hydrogen-bond donors (Lipinski definition) is 1. The van der Waals surface area contributed by atoms with Gasteiger partial charge in [-0.2, -0.15) is 0 Å². The van der Waals surface area contributed by atoms with Gasteiger partial charge in [0, 0.05) is 18.7 Å². The molecule has 4 atom stereocenters. The summed E-state index contributed by atoms with van der Waals surface area (Å²) in [5.41, 5.74) is -0.488. The molecule has 2 fully saturated rings. The number of rotatable bonds is 4. The lowest BCUT2D eigenvalue weighted by Crippen LogP contribution is -2.55. The van der Waals surface area contributed by atoms with Crippen molar-refractivity contribution in [3.63, 3.8) is 0 Å². The largest absolute Gasteiger partial charge is 0.496 e. The summed E-state index contributed by atoms with van der Waals surface area (Å²) < 4.78 is 10.4. The molecular weight excluding hydrogens is 324 g/mol. The van der Waals surface area contributed by atoms with Crippen molar-refractivity contribution in [3.05, 3.63) is 29.8 Å². The highest BCUT2D eigenvalue weighted by Gasteiger charge is 2.67. The van der Waals surface area contributed by atoms with Crippen molar-refractivity contribution in [3.8, 4) is 5.75 Å². The zero-order valence-electron chi connectivity index (χ0n) is 14.7. The van der Waals surface area contributed by atoms with E-state index >= 15 is 0 Å². The van der Waals surface area contributed by atoms with Gasteiger partial charge in [-0.05, 0) is 12.5 Å². The summed E-state index contributed by atoms with van der Waals surface area (Å²) in [6, 6.07) is 6.79. The zero-order valence-corrected chi connectivity index (χ0v) is 14.7. The van der Waals surface area contributed by atoms with Crippen molar-refractivity contribution in [2.24, 2.45) is 11.8 Å². The predicted octanol–water partition coefficient (Wildman–Crippen LogP) is 0.892. The second-order valence-electron chi connectivity index (χ2n) is 6.42. The average Bonchev–Trinajstić information content (AvgIpc) is 3.11. The van der Waals surface area contributed by atoms with Crippen LogP contribution in [0.5, 0.6) is 5.75 Å². The van der Waals surface area contributed by atoms with Gasteiger partial charge in [0.25, 0.3) is 0 Å². The molecule has 0 unspecified atom stereocenters. The molecule has 7 nitrogen and oxygen atoms in total. The van der Waals surface area contributed by atoms with Gasteiger partial charge in [0.05, 0.1) is 26.1 Å². The maximum atomic E-state index is 12.8. The Morgan fingerprint density at radius 2 is 1.92 bits per heavy atom. The van der Waals surface area contributed by atoms with Crippen LogP contribution in [-0.2, 0) is 19.1 Å². The highest BCUT2D eigenvalue weighted by atomic mass is 16.5. The summed E-state index contributed by atoms with van der Waals surface area (Å²) in [5.74, 6) is -2.04. The van der Waals surface area contributed by atoms with E-state index in [-0.39, 0.29) is 11.8 Å². The molecule has 2 amide bonds. The summed E-state index contributed by atoms with van der Waals surface area (Å²) in [6.07, 6.45) is 0.333. The van der Waals surface area contributed by atoms with E-state index in [1.807, 2.05) is 25.1 Å². The number of benzene rings is 1. The maximum absolute atomic E-state index is 12.8. The number of nitrogens with zero attached hydrogens (tertiary/aromatic N) is 1. The van der Waals surface area contributed by atoms with Crippen molar-refractivity contribution in [2.45, 2.75) is 24.9 Å². The molecule has 7 heteroatoms. The van der Waals surface area contributed by atoms with Crippen LogP contribution in [0.25, 0.3) is 0 Å². The Hall–Kier alpha value is -2.41. The SMILES string of the molecule is CC[C@]1(C(=O)OC)N[C@H](c2ccccc2OC)[C@H]2C(=O)N(C)C(=O)[C@@H]21. The Morgan fingerprint density at radius 1 is 1.24 bits per heavy atom. The lowest BCUT2D eigenvalue weighted by molar-refractivity contribution is -0.154. The molecule has 3 rings (SSSR count). The first-order valence-corrected chi connectivity index (χ1v) is 8.23. The predicted molar refractivity (Wildman–Crippen MR) is 88.7 cm³/mol. The molecule has 2 heterocycles. The highest BCUT2D eigenvalue weighted by Crippen LogP contribution is 2.51. The van der Waals surface area contributed by atoms with Gasteiger partial charge in [0.2, 0.25) is 11.8 Å². The third-order valence-corrected chi connectivity index (χ3v) is 5.46. The number of fused-ring (bicyclic) bond motifs is 1. The van der Waals surface area contributed by atoms with Crippen LogP contribution in [0.4, 0.5) is 0 Å². The lowest BCUT2D eigenvalue weighted by atomic mass is 9.78. The van der Waals surface area contributed by atoms with Crippen molar-refractivity contribution < 1.29 is 23.9 Å². The van der Waals surface area contributed by atoms with E-state index in [9.17, 15) is 14.4 Å². The molecule has 2 saturated heterocycles. The fourth-order valence-electron chi connectivity index (χ4n) is 4.18. The van der Waals surface area contributed by atoms with Gasteiger partial charge >= 0.3 is 5.97 Å². The van der Waals surface area contributed by atoms with Gasteiger partial charge in [-0.25, -0.2) is 0 Å². The van der Waals surface area contributed by atoms with Crippen molar-refractivity contribution in [1.29, 1.82) is 0 Å². The van der Waals surface area contributed by atoms with E-state index in [0.29, 0.717) is 12.2 Å². The zero-order chi connectivity index (χ0) is 18.4. The average molecular weight is 346 g/mol. The molecule has 1 aromatic rings. The van der Waals surface area contributed by atoms with Crippen molar-refractivity contribution >= 4 is 17.8 Å². The van der Waals surface area contributed by atoms with Crippen LogP contribution in [0.15, 0.2) is 24.3 Å². The first-order valence-electron chi connectivity index (χ1n) is 8.23. The smallest absolute Gasteiger partial charge is 0.326 e. The molecular formula is C18H22N2O5. The molecule has 0 aliphatic carbocycles. The quantitative estimate of drug-likeness (QED) is 0.644. The van der Waals surface area contributed by atoms with Crippen LogP contribution < -0.4 is 10.1 Å². The maximum Gasteiger partial charge on any atom is 0.326 e. The second kappa shape index (κ2) is 6.15. The molecule has 0 saturated carbocycles. The number of esters is 1. The number of ether oxygens (including phenoxy) is 2. The van der Waals surface area contributed by atoms with E-state index in [1.54, 1.807) is 13.2 Å². The van der Waals surface area contributed by atoms with Gasteiger partial charge in [-0.3, -0.25) is 24.6 Å². The van der Waals surface area contributed by atoms with E-state index < -0.39 is 29.4 Å². The first-order chi connectivity index (χ1) is 11.9. The van der Waals surface area contributed by atoms with E-state index in [2.05, 4.69) is 5.32 Å². The molecule has 2 aliphatic rings. The third-order valence-electron chi connectivity index (χ3n) is 5.46. The number of carbonyl (C=O) groups excluding carboxylic acids is 3. The topological polar surface area (TPSA) is 84.9 Å². The van der Waals surface area contributed by atoms with E-state index in [1.165, 1.54) is 14.2 Å². The number of methoxy groups -OCH3 is 2. The molecule has 1 N–H and O–H groups in total. The summed E-state index contributed by atoms with van der Waals surface area (Å²) in [6.45, 7) is 1.81. The fraction of sp³-hybridized carbons (Fsp3) is 0.500. The normalized spacial score (nSPS) is 31.2. The number of para-hydroxylation sites is 1. The Balaban J connectivity index is 2.17. The monoisotopic (exact) mass is 346 g/mol. The number of amides is 2. The summed E-state index contributed by atoms with van der Waals surface area (Å²) in [5, 5.41) is 3.26. The molecule has 0 spiro atoms. The van der Waals surface area contributed by atoms with Crippen LogP contribution in [0.3, 0.4) is 0 Å². The molecule has 0 bridgehead atoms. The number of likely N-dealkylation sites (tertiary alicyclic amines) is 1. The van der Waals surface area contributed by atoms with Gasteiger partial charge in [-0.1, -0.05) is 25.1 Å². The first kappa shape index (κ1) is 17.4. The Morgan fingerprint density at radius 3 is 2.52 bits per heavy atom. The van der Waals surface area contributed by atoms with Crippen LogP contribution in [0.1, 0.15) is 24.9 Å².